The largest absolute Gasteiger partial charge is 0.380 e. The van der Waals surface area contributed by atoms with Crippen LogP contribution in [-0.2, 0) is 4.74 Å². The molecule has 0 amide bonds. The lowest BCUT2D eigenvalue weighted by atomic mass is 10.2. The number of hydrogen-bond acceptors (Lipinski definition) is 2. The van der Waals surface area contributed by atoms with Crippen molar-refractivity contribution in [3.05, 3.63) is 0 Å². The molecule has 0 radical (unpaired) electrons. The zero-order valence-corrected chi connectivity index (χ0v) is 7.76. The van der Waals surface area contributed by atoms with E-state index in [9.17, 15) is 4.39 Å². The number of nitrogens with zero attached hydrogens (tertiary/aromatic N) is 1. The molecule has 0 aromatic carbocycles. The van der Waals surface area contributed by atoms with Gasteiger partial charge in [0.25, 0.3) is 0 Å². The van der Waals surface area contributed by atoms with Crippen LogP contribution in [0.5, 0.6) is 0 Å². The Balaban J connectivity index is 2.21. The van der Waals surface area contributed by atoms with E-state index in [1.807, 2.05) is 0 Å². The summed E-state index contributed by atoms with van der Waals surface area (Å²) in [5.41, 5.74) is 0. The molecule has 0 spiro atoms. The van der Waals surface area contributed by atoms with E-state index in [0.717, 1.165) is 32.8 Å². The van der Waals surface area contributed by atoms with Crippen molar-refractivity contribution in [1.29, 1.82) is 0 Å². The van der Waals surface area contributed by atoms with Crippen LogP contribution >= 0.6 is 0 Å². The second-order valence-electron chi connectivity index (χ2n) is 3.52. The van der Waals surface area contributed by atoms with Crippen LogP contribution < -0.4 is 0 Å². The average molecular weight is 175 g/mol. The SMILES string of the molecule is CC1COCCN(CCCF)C1. The quantitative estimate of drug-likeness (QED) is 0.641. The molecule has 1 rings (SSSR count). The van der Waals surface area contributed by atoms with Gasteiger partial charge in [0.05, 0.1) is 19.9 Å². The van der Waals surface area contributed by atoms with Gasteiger partial charge in [0, 0.05) is 19.6 Å². The number of hydrogen-bond donors (Lipinski definition) is 0. The van der Waals surface area contributed by atoms with Gasteiger partial charge >= 0.3 is 0 Å². The minimum Gasteiger partial charge on any atom is -0.380 e. The summed E-state index contributed by atoms with van der Waals surface area (Å²) < 4.78 is 17.3. The molecule has 0 bridgehead atoms. The second-order valence-corrected chi connectivity index (χ2v) is 3.52. The second kappa shape index (κ2) is 5.49. The van der Waals surface area contributed by atoms with Crippen molar-refractivity contribution in [2.45, 2.75) is 13.3 Å². The Bertz CT molecular complexity index is 121. The standard InChI is InChI=1S/C9H18FNO/c1-9-7-11(4-2-3-10)5-6-12-8-9/h9H,2-8H2,1H3. The molecule has 1 atom stereocenters. The van der Waals surface area contributed by atoms with E-state index in [2.05, 4.69) is 11.8 Å². The summed E-state index contributed by atoms with van der Waals surface area (Å²) in [4.78, 5) is 2.29. The third-order valence-electron chi connectivity index (χ3n) is 2.13. The summed E-state index contributed by atoms with van der Waals surface area (Å²) in [7, 11) is 0. The molecule has 0 aliphatic carbocycles. The molecule has 0 aromatic rings. The number of alkyl halides is 1. The molecule has 72 valence electrons. The molecule has 1 aliphatic rings. The highest BCUT2D eigenvalue weighted by Gasteiger charge is 2.13. The van der Waals surface area contributed by atoms with Gasteiger partial charge in [-0.3, -0.25) is 4.39 Å². The highest BCUT2D eigenvalue weighted by atomic mass is 19.1. The van der Waals surface area contributed by atoms with Crippen LogP contribution in [0.25, 0.3) is 0 Å². The molecule has 2 nitrogen and oxygen atoms in total. The van der Waals surface area contributed by atoms with Gasteiger partial charge < -0.3 is 9.64 Å². The van der Waals surface area contributed by atoms with Crippen molar-refractivity contribution in [3.8, 4) is 0 Å². The van der Waals surface area contributed by atoms with E-state index >= 15 is 0 Å². The first-order chi connectivity index (χ1) is 5.83. The van der Waals surface area contributed by atoms with Crippen LogP contribution in [0.4, 0.5) is 4.39 Å². The zero-order valence-electron chi connectivity index (χ0n) is 7.76. The number of halogens is 1. The van der Waals surface area contributed by atoms with Crippen molar-refractivity contribution in [2.75, 3.05) is 39.5 Å². The fourth-order valence-corrected chi connectivity index (χ4v) is 1.55. The normalized spacial score (nSPS) is 27.0. The maximum absolute atomic E-state index is 11.9. The van der Waals surface area contributed by atoms with E-state index in [1.54, 1.807) is 0 Å². The zero-order chi connectivity index (χ0) is 8.81. The van der Waals surface area contributed by atoms with Gasteiger partial charge in [-0.1, -0.05) is 6.92 Å². The van der Waals surface area contributed by atoms with E-state index in [0.29, 0.717) is 12.3 Å². The molecule has 3 heteroatoms. The van der Waals surface area contributed by atoms with E-state index in [-0.39, 0.29) is 6.67 Å². The first-order valence-corrected chi connectivity index (χ1v) is 4.69. The molecule has 0 saturated carbocycles. The minimum atomic E-state index is -0.203. The summed E-state index contributed by atoms with van der Waals surface area (Å²) in [6.45, 7) is 6.52. The molecule has 0 aromatic heterocycles. The first kappa shape index (κ1) is 9.93. The Labute approximate surface area is 73.7 Å². The summed E-state index contributed by atoms with van der Waals surface area (Å²) in [5, 5.41) is 0. The topological polar surface area (TPSA) is 12.5 Å². The lowest BCUT2D eigenvalue weighted by Gasteiger charge is -2.20. The predicted octanol–water partition coefficient (Wildman–Crippen LogP) is 1.31. The number of ether oxygens (including phenoxy) is 1. The molecule has 0 N–H and O–H groups in total. The van der Waals surface area contributed by atoms with Crippen molar-refractivity contribution < 1.29 is 9.13 Å². The highest BCUT2D eigenvalue weighted by Crippen LogP contribution is 2.06. The molecular weight excluding hydrogens is 157 g/mol. The Morgan fingerprint density at radius 3 is 3.17 bits per heavy atom. The molecule has 1 saturated heterocycles. The maximum Gasteiger partial charge on any atom is 0.0906 e. The fourth-order valence-electron chi connectivity index (χ4n) is 1.55. The Morgan fingerprint density at radius 1 is 1.58 bits per heavy atom. The van der Waals surface area contributed by atoms with Gasteiger partial charge in [0.1, 0.15) is 0 Å². The molecule has 12 heavy (non-hydrogen) atoms. The monoisotopic (exact) mass is 175 g/mol. The predicted molar refractivity (Wildman–Crippen MR) is 47.0 cm³/mol. The summed E-state index contributed by atoms with van der Waals surface area (Å²) >= 11 is 0. The van der Waals surface area contributed by atoms with Crippen LogP contribution in [0.1, 0.15) is 13.3 Å². The molecular formula is C9H18FNO. The molecule has 1 aliphatic heterocycles. The van der Waals surface area contributed by atoms with Crippen molar-refractivity contribution in [1.82, 2.24) is 4.90 Å². The first-order valence-electron chi connectivity index (χ1n) is 4.69. The summed E-state index contributed by atoms with van der Waals surface area (Å²) in [6, 6.07) is 0. The van der Waals surface area contributed by atoms with Gasteiger partial charge in [0.15, 0.2) is 0 Å². The molecule has 1 fully saturated rings. The van der Waals surface area contributed by atoms with Gasteiger partial charge in [0.2, 0.25) is 0 Å². The Kier molecular flexibility index (Phi) is 4.54. The van der Waals surface area contributed by atoms with Crippen LogP contribution in [-0.4, -0.2) is 44.4 Å². The minimum absolute atomic E-state index is 0.203. The highest BCUT2D eigenvalue weighted by molar-refractivity contribution is 4.65. The van der Waals surface area contributed by atoms with Gasteiger partial charge in [-0.25, -0.2) is 0 Å². The van der Waals surface area contributed by atoms with Crippen LogP contribution in [0, 0.1) is 5.92 Å². The van der Waals surface area contributed by atoms with Crippen molar-refractivity contribution in [3.63, 3.8) is 0 Å². The molecule has 1 heterocycles. The van der Waals surface area contributed by atoms with E-state index < -0.39 is 0 Å². The van der Waals surface area contributed by atoms with Crippen molar-refractivity contribution in [2.24, 2.45) is 5.92 Å². The lowest BCUT2D eigenvalue weighted by Crippen LogP contribution is -2.30. The van der Waals surface area contributed by atoms with Crippen LogP contribution in [0.3, 0.4) is 0 Å². The summed E-state index contributed by atoms with van der Waals surface area (Å²) in [6.07, 6.45) is 0.659. The molecule has 1 unspecified atom stereocenters. The number of rotatable bonds is 3. The average Bonchev–Trinajstić information content (AvgIpc) is 2.26. The van der Waals surface area contributed by atoms with Gasteiger partial charge in [-0.05, 0) is 12.3 Å². The third kappa shape index (κ3) is 3.50. The summed E-state index contributed by atoms with van der Waals surface area (Å²) in [5.74, 6) is 0.590. The third-order valence-corrected chi connectivity index (χ3v) is 2.13. The van der Waals surface area contributed by atoms with Gasteiger partial charge in [-0.15, -0.1) is 0 Å². The van der Waals surface area contributed by atoms with Crippen molar-refractivity contribution >= 4 is 0 Å². The van der Waals surface area contributed by atoms with Crippen LogP contribution in [0.15, 0.2) is 0 Å². The Hall–Kier alpha value is -0.150. The van der Waals surface area contributed by atoms with Gasteiger partial charge in [-0.2, -0.15) is 0 Å². The maximum atomic E-state index is 11.9. The van der Waals surface area contributed by atoms with E-state index in [1.165, 1.54) is 0 Å². The lowest BCUT2D eigenvalue weighted by molar-refractivity contribution is 0.126. The van der Waals surface area contributed by atoms with E-state index in [4.69, 9.17) is 4.74 Å². The smallest absolute Gasteiger partial charge is 0.0906 e. The fraction of sp³-hybridized carbons (Fsp3) is 1.00. The van der Waals surface area contributed by atoms with Crippen LogP contribution in [0.2, 0.25) is 0 Å². The Morgan fingerprint density at radius 2 is 2.42 bits per heavy atom.